The summed E-state index contributed by atoms with van der Waals surface area (Å²) in [6.45, 7) is 2.97. The zero-order valence-electron chi connectivity index (χ0n) is 11.4. The number of ether oxygens (including phenoxy) is 2. The zero-order chi connectivity index (χ0) is 14.8. The zero-order valence-corrected chi connectivity index (χ0v) is 12.2. The lowest BCUT2D eigenvalue weighted by molar-refractivity contribution is 0.0471. The molecular weight excluding hydrogens is 280 g/mol. The van der Waals surface area contributed by atoms with Crippen LogP contribution in [0.4, 0.5) is 0 Å². The van der Waals surface area contributed by atoms with E-state index in [2.05, 4.69) is 5.92 Å². The summed E-state index contributed by atoms with van der Waals surface area (Å²) in [7, 11) is -3.72. The lowest BCUT2D eigenvalue weighted by Crippen LogP contribution is -2.13. The van der Waals surface area contributed by atoms with Crippen LogP contribution in [0.15, 0.2) is 29.2 Å². The number of hydrogen-bond donors (Lipinski definition) is 0. The average Bonchev–Trinajstić information content (AvgIpc) is 2.42. The van der Waals surface area contributed by atoms with Gasteiger partial charge in [0.05, 0.1) is 31.3 Å². The van der Waals surface area contributed by atoms with Crippen molar-refractivity contribution < 1.29 is 22.1 Å². The Labute approximate surface area is 120 Å². The maximum Gasteiger partial charge on any atom is 0.297 e. The van der Waals surface area contributed by atoms with Crippen molar-refractivity contribution in [3.05, 3.63) is 29.8 Å². The maximum absolute atomic E-state index is 11.8. The van der Waals surface area contributed by atoms with Gasteiger partial charge >= 0.3 is 0 Å². The maximum atomic E-state index is 11.8. The van der Waals surface area contributed by atoms with Gasteiger partial charge in [-0.15, -0.1) is 6.42 Å². The lowest BCUT2D eigenvalue weighted by atomic mass is 10.2. The van der Waals surface area contributed by atoms with Gasteiger partial charge in [-0.05, 0) is 19.1 Å². The molecule has 0 heterocycles. The van der Waals surface area contributed by atoms with Crippen LogP contribution in [0.3, 0.4) is 0 Å². The molecular formula is C14H18O5S. The normalized spacial score (nSPS) is 11.2. The Morgan fingerprint density at radius 1 is 1.05 bits per heavy atom. The van der Waals surface area contributed by atoms with E-state index >= 15 is 0 Å². The molecule has 6 heteroatoms. The van der Waals surface area contributed by atoms with Crippen LogP contribution in [0.1, 0.15) is 5.56 Å². The first-order valence-corrected chi connectivity index (χ1v) is 7.52. The van der Waals surface area contributed by atoms with Gasteiger partial charge in [0.1, 0.15) is 6.61 Å². The van der Waals surface area contributed by atoms with E-state index in [-0.39, 0.29) is 24.7 Å². The van der Waals surface area contributed by atoms with E-state index in [0.717, 1.165) is 5.56 Å². The van der Waals surface area contributed by atoms with Crippen LogP contribution >= 0.6 is 0 Å². The Morgan fingerprint density at radius 3 is 2.30 bits per heavy atom. The van der Waals surface area contributed by atoms with Gasteiger partial charge in [0.25, 0.3) is 10.1 Å². The largest absolute Gasteiger partial charge is 0.377 e. The third-order valence-corrected chi connectivity index (χ3v) is 3.66. The van der Waals surface area contributed by atoms with Crippen molar-refractivity contribution >= 4 is 10.1 Å². The first-order valence-electron chi connectivity index (χ1n) is 6.11. The molecule has 0 aliphatic carbocycles. The highest BCUT2D eigenvalue weighted by Gasteiger charge is 2.14. The molecule has 1 aromatic carbocycles. The molecule has 0 unspecified atom stereocenters. The predicted octanol–water partition coefficient (Wildman–Crippen LogP) is 1.37. The van der Waals surface area contributed by atoms with Gasteiger partial charge < -0.3 is 9.47 Å². The molecule has 0 atom stereocenters. The van der Waals surface area contributed by atoms with Crippen molar-refractivity contribution in [2.45, 2.75) is 11.8 Å². The average molecular weight is 298 g/mol. The van der Waals surface area contributed by atoms with Crippen LogP contribution in [0.25, 0.3) is 0 Å². The molecule has 0 radical (unpaired) electrons. The summed E-state index contributed by atoms with van der Waals surface area (Å²) >= 11 is 0. The Balaban J connectivity index is 2.24. The van der Waals surface area contributed by atoms with Gasteiger partial charge in [-0.1, -0.05) is 23.6 Å². The highest BCUT2D eigenvalue weighted by atomic mass is 32.2. The van der Waals surface area contributed by atoms with E-state index in [0.29, 0.717) is 13.2 Å². The van der Waals surface area contributed by atoms with Gasteiger partial charge in [0.15, 0.2) is 0 Å². The molecule has 0 N–H and O–H groups in total. The van der Waals surface area contributed by atoms with Gasteiger partial charge in [0, 0.05) is 0 Å². The fourth-order valence-electron chi connectivity index (χ4n) is 1.33. The van der Waals surface area contributed by atoms with Crippen molar-refractivity contribution in [2.75, 3.05) is 33.0 Å². The first-order chi connectivity index (χ1) is 9.56. The predicted molar refractivity (Wildman–Crippen MR) is 74.8 cm³/mol. The fraction of sp³-hybridized carbons (Fsp3) is 0.429. The van der Waals surface area contributed by atoms with E-state index in [1.165, 1.54) is 12.1 Å². The molecule has 110 valence electrons. The molecule has 0 bridgehead atoms. The summed E-state index contributed by atoms with van der Waals surface area (Å²) in [4.78, 5) is 0.139. The SMILES string of the molecule is C#CCOCCOCCOS(=O)(=O)c1ccc(C)cc1. The minimum atomic E-state index is -3.72. The molecule has 20 heavy (non-hydrogen) atoms. The number of hydrogen-bond acceptors (Lipinski definition) is 5. The summed E-state index contributed by atoms with van der Waals surface area (Å²) < 4.78 is 38.6. The smallest absolute Gasteiger partial charge is 0.297 e. The third-order valence-electron chi connectivity index (χ3n) is 2.33. The van der Waals surface area contributed by atoms with E-state index in [9.17, 15) is 8.42 Å². The summed E-state index contributed by atoms with van der Waals surface area (Å²) in [5.41, 5.74) is 0.985. The molecule has 0 saturated carbocycles. The minimum Gasteiger partial charge on any atom is -0.377 e. The summed E-state index contributed by atoms with van der Waals surface area (Å²) in [6.07, 6.45) is 5.00. The molecule has 0 spiro atoms. The van der Waals surface area contributed by atoms with Crippen LogP contribution in [-0.4, -0.2) is 41.5 Å². The Kier molecular flexibility index (Phi) is 7.26. The topological polar surface area (TPSA) is 61.8 Å². The second-order valence-electron chi connectivity index (χ2n) is 3.96. The van der Waals surface area contributed by atoms with Crippen molar-refractivity contribution in [2.24, 2.45) is 0 Å². The molecule has 0 amide bonds. The van der Waals surface area contributed by atoms with Gasteiger partial charge in [-0.2, -0.15) is 8.42 Å². The van der Waals surface area contributed by atoms with Gasteiger partial charge in [-0.3, -0.25) is 4.18 Å². The first kappa shape index (κ1) is 16.7. The number of benzene rings is 1. The monoisotopic (exact) mass is 298 g/mol. The molecule has 1 rings (SSSR count). The Hall–Kier alpha value is -1.39. The van der Waals surface area contributed by atoms with Gasteiger partial charge in [0.2, 0.25) is 0 Å². The number of rotatable bonds is 9. The van der Waals surface area contributed by atoms with E-state index in [1.54, 1.807) is 12.1 Å². The Bertz CT molecular complexity index is 528. The highest BCUT2D eigenvalue weighted by molar-refractivity contribution is 7.86. The second kappa shape index (κ2) is 8.72. The quantitative estimate of drug-likeness (QED) is 0.391. The van der Waals surface area contributed by atoms with Crippen molar-refractivity contribution in [3.63, 3.8) is 0 Å². The van der Waals surface area contributed by atoms with Crippen LogP contribution in [0, 0.1) is 19.3 Å². The van der Waals surface area contributed by atoms with E-state index < -0.39 is 10.1 Å². The standard InChI is InChI=1S/C14H18O5S/c1-3-8-17-9-10-18-11-12-19-20(15,16)14-6-4-13(2)5-7-14/h1,4-7H,8-12H2,2H3. The van der Waals surface area contributed by atoms with Crippen LogP contribution in [0.2, 0.25) is 0 Å². The van der Waals surface area contributed by atoms with E-state index in [4.69, 9.17) is 20.1 Å². The van der Waals surface area contributed by atoms with Crippen molar-refractivity contribution in [1.82, 2.24) is 0 Å². The molecule has 0 aromatic heterocycles. The minimum absolute atomic E-state index is 0.0364. The van der Waals surface area contributed by atoms with Crippen LogP contribution < -0.4 is 0 Å². The fourth-order valence-corrected chi connectivity index (χ4v) is 2.22. The highest BCUT2D eigenvalue weighted by Crippen LogP contribution is 2.12. The van der Waals surface area contributed by atoms with Crippen molar-refractivity contribution in [1.29, 1.82) is 0 Å². The summed E-state index contributed by atoms with van der Waals surface area (Å²) in [6, 6.07) is 6.46. The number of aryl methyl sites for hydroxylation is 1. The molecule has 0 saturated heterocycles. The Morgan fingerprint density at radius 2 is 1.65 bits per heavy atom. The van der Waals surface area contributed by atoms with Crippen molar-refractivity contribution in [3.8, 4) is 12.3 Å². The molecule has 0 aliphatic rings. The molecule has 0 aliphatic heterocycles. The van der Waals surface area contributed by atoms with Crippen LogP contribution in [-0.2, 0) is 23.8 Å². The second-order valence-corrected chi connectivity index (χ2v) is 5.57. The van der Waals surface area contributed by atoms with E-state index in [1.807, 2.05) is 6.92 Å². The molecule has 0 fully saturated rings. The summed E-state index contributed by atoms with van der Waals surface area (Å²) in [5.74, 6) is 2.33. The van der Waals surface area contributed by atoms with Gasteiger partial charge in [-0.25, -0.2) is 0 Å². The number of terminal acetylenes is 1. The third kappa shape index (κ3) is 6.17. The molecule has 5 nitrogen and oxygen atoms in total. The van der Waals surface area contributed by atoms with Crippen LogP contribution in [0.5, 0.6) is 0 Å². The summed E-state index contributed by atoms with van der Waals surface area (Å²) in [5, 5.41) is 0. The molecule has 1 aromatic rings. The lowest BCUT2D eigenvalue weighted by Gasteiger charge is -2.07.